The van der Waals surface area contributed by atoms with Gasteiger partial charge in [-0.3, -0.25) is 4.90 Å². The van der Waals surface area contributed by atoms with Crippen molar-refractivity contribution in [3.8, 4) is 11.8 Å². The first kappa shape index (κ1) is 20.9. The van der Waals surface area contributed by atoms with Gasteiger partial charge in [0.25, 0.3) is 0 Å². The number of hydrogen-bond acceptors (Lipinski definition) is 4. The lowest BCUT2D eigenvalue weighted by Gasteiger charge is -2.32. The molecule has 0 bridgehead atoms. The number of anilines is 1. The fourth-order valence-corrected chi connectivity index (χ4v) is 4.74. The highest BCUT2D eigenvalue weighted by atomic mass is 15.1. The molecule has 3 heterocycles. The van der Waals surface area contributed by atoms with Gasteiger partial charge < -0.3 is 10.6 Å². The second-order valence-electron chi connectivity index (χ2n) is 8.68. The Morgan fingerprint density at radius 2 is 1.80 bits per heavy atom. The van der Waals surface area contributed by atoms with Gasteiger partial charge in [-0.2, -0.15) is 0 Å². The quantitative estimate of drug-likeness (QED) is 0.759. The molecule has 0 spiro atoms. The van der Waals surface area contributed by atoms with Crippen LogP contribution in [-0.2, 0) is 6.54 Å². The number of nitrogen functional groups attached to an aromatic ring is 1. The summed E-state index contributed by atoms with van der Waals surface area (Å²) in [5.41, 5.74) is 9.80. The lowest BCUT2D eigenvalue weighted by atomic mass is 9.89. The van der Waals surface area contributed by atoms with Gasteiger partial charge in [-0.05, 0) is 87.1 Å². The molecule has 4 rings (SSSR count). The number of hydrogen-bond donors (Lipinski definition) is 1. The van der Waals surface area contributed by atoms with E-state index in [2.05, 4.69) is 57.0 Å². The van der Waals surface area contributed by atoms with Gasteiger partial charge in [0.1, 0.15) is 5.82 Å². The molecule has 4 nitrogen and oxygen atoms in total. The minimum Gasteiger partial charge on any atom is -0.383 e. The molecule has 0 atom stereocenters. The van der Waals surface area contributed by atoms with Gasteiger partial charge in [-0.25, -0.2) is 4.98 Å². The van der Waals surface area contributed by atoms with Gasteiger partial charge in [-0.1, -0.05) is 36.5 Å². The molecular weight excluding hydrogens is 368 g/mol. The number of pyridine rings is 1. The maximum absolute atomic E-state index is 6.08. The summed E-state index contributed by atoms with van der Waals surface area (Å²) in [6, 6.07) is 12.9. The van der Waals surface area contributed by atoms with Gasteiger partial charge in [0.2, 0.25) is 0 Å². The van der Waals surface area contributed by atoms with Crippen LogP contribution in [0.25, 0.3) is 0 Å². The van der Waals surface area contributed by atoms with E-state index in [1.807, 2.05) is 6.07 Å². The molecule has 30 heavy (non-hydrogen) atoms. The van der Waals surface area contributed by atoms with E-state index in [0.29, 0.717) is 11.7 Å². The van der Waals surface area contributed by atoms with Gasteiger partial charge in [0.05, 0.1) is 0 Å². The van der Waals surface area contributed by atoms with Crippen molar-refractivity contribution in [2.75, 3.05) is 38.5 Å². The van der Waals surface area contributed by atoms with Crippen LogP contribution >= 0.6 is 0 Å². The Kier molecular flexibility index (Phi) is 7.39. The van der Waals surface area contributed by atoms with Gasteiger partial charge in [-0.15, -0.1) is 0 Å². The molecule has 0 amide bonds. The summed E-state index contributed by atoms with van der Waals surface area (Å²) in [5.74, 6) is 8.00. The molecule has 2 aliphatic rings. The molecule has 1 aromatic carbocycles. The van der Waals surface area contributed by atoms with Gasteiger partial charge in [0, 0.05) is 31.3 Å². The highest BCUT2D eigenvalue weighted by Gasteiger charge is 2.22. The van der Waals surface area contributed by atoms with Crippen LogP contribution in [-0.4, -0.2) is 47.5 Å². The maximum Gasteiger partial charge on any atom is 0.126 e. The molecule has 4 heteroatoms. The summed E-state index contributed by atoms with van der Waals surface area (Å²) in [6.45, 7) is 6.82. The number of likely N-dealkylation sites (tertiary alicyclic amines) is 2. The first-order chi connectivity index (χ1) is 14.8. The zero-order valence-corrected chi connectivity index (χ0v) is 18.0. The highest BCUT2D eigenvalue weighted by molar-refractivity contribution is 5.41. The Morgan fingerprint density at radius 3 is 2.60 bits per heavy atom. The fourth-order valence-electron chi connectivity index (χ4n) is 4.74. The van der Waals surface area contributed by atoms with Gasteiger partial charge in [0.15, 0.2) is 0 Å². The van der Waals surface area contributed by atoms with Crippen LogP contribution in [0, 0.1) is 11.8 Å². The van der Waals surface area contributed by atoms with E-state index in [9.17, 15) is 0 Å². The standard InChI is InChI=1S/C26H34N4/c27-26-25(11-7-14-28-26)24-12-18-30(19-13-24)21-23-10-6-9-22(20-23)8-2-5-17-29-15-3-1-4-16-29/h6-7,9-11,14,20,24H,1,3-5,12-13,15-19,21H2,(H2,27,28). The molecule has 0 unspecified atom stereocenters. The molecule has 2 saturated heterocycles. The Labute approximate surface area is 181 Å². The van der Waals surface area contributed by atoms with Crippen LogP contribution in [0.5, 0.6) is 0 Å². The zero-order chi connectivity index (χ0) is 20.6. The summed E-state index contributed by atoms with van der Waals surface area (Å²) in [5, 5.41) is 0. The molecule has 2 fully saturated rings. The number of aromatic nitrogens is 1. The second-order valence-corrected chi connectivity index (χ2v) is 8.68. The highest BCUT2D eigenvalue weighted by Crippen LogP contribution is 2.31. The summed E-state index contributed by atoms with van der Waals surface area (Å²) in [4.78, 5) is 9.36. The molecule has 0 aliphatic carbocycles. The van der Waals surface area contributed by atoms with Crippen molar-refractivity contribution in [2.45, 2.75) is 51.0 Å². The van der Waals surface area contributed by atoms with E-state index in [0.717, 1.165) is 51.0 Å². The second kappa shape index (κ2) is 10.6. The molecule has 2 aromatic rings. The van der Waals surface area contributed by atoms with E-state index in [-0.39, 0.29) is 0 Å². The number of rotatable bonds is 5. The van der Waals surface area contributed by atoms with Crippen LogP contribution in [0.1, 0.15) is 61.1 Å². The minimum absolute atomic E-state index is 0.534. The Morgan fingerprint density at radius 1 is 0.967 bits per heavy atom. The van der Waals surface area contributed by atoms with Crippen molar-refractivity contribution in [1.29, 1.82) is 0 Å². The van der Waals surface area contributed by atoms with Crippen molar-refractivity contribution in [1.82, 2.24) is 14.8 Å². The third-order valence-electron chi connectivity index (χ3n) is 6.47. The Balaban J connectivity index is 1.26. The van der Waals surface area contributed by atoms with Crippen LogP contribution in [0.2, 0.25) is 0 Å². The number of benzene rings is 1. The first-order valence-electron chi connectivity index (χ1n) is 11.5. The molecule has 0 saturated carbocycles. The van der Waals surface area contributed by atoms with Crippen molar-refractivity contribution >= 4 is 5.82 Å². The van der Waals surface area contributed by atoms with E-state index >= 15 is 0 Å². The zero-order valence-electron chi connectivity index (χ0n) is 18.0. The predicted octanol–water partition coefficient (Wildman–Crippen LogP) is 4.27. The molecule has 2 aliphatic heterocycles. The third kappa shape index (κ3) is 5.84. The lowest BCUT2D eigenvalue weighted by Crippen LogP contribution is -2.32. The summed E-state index contributed by atoms with van der Waals surface area (Å²) >= 11 is 0. The minimum atomic E-state index is 0.534. The monoisotopic (exact) mass is 402 g/mol. The predicted molar refractivity (Wildman–Crippen MR) is 124 cm³/mol. The van der Waals surface area contributed by atoms with Crippen molar-refractivity contribution in [2.24, 2.45) is 0 Å². The molecule has 0 radical (unpaired) electrons. The van der Waals surface area contributed by atoms with Crippen LogP contribution in [0.4, 0.5) is 5.82 Å². The van der Waals surface area contributed by atoms with Crippen molar-refractivity contribution in [3.63, 3.8) is 0 Å². The number of nitrogens with zero attached hydrogens (tertiary/aromatic N) is 3. The smallest absolute Gasteiger partial charge is 0.126 e. The van der Waals surface area contributed by atoms with Crippen molar-refractivity contribution < 1.29 is 0 Å². The molecule has 2 N–H and O–H groups in total. The number of nitrogens with two attached hydrogens (primary N) is 1. The number of piperidine rings is 2. The SMILES string of the molecule is Nc1ncccc1C1CCN(Cc2cccc(C#CCCN3CCCCC3)c2)CC1. The summed E-state index contributed by atoms with van der Waals surface area (Å²) < 4.78 is 0. The lowest BCUT2D eigenvalue weighted by molar-refractivity contribution is 0.205. The largest absolute Gasteiger partial charge is 0.383 e. The van der Waals surface area contributed by atoms with E-state index in [1.165, 1.54) is 43.5 Å². The molecular formula is C26H34N4. The Bertz CT molecular complexity index is 868. The third-order valence-corrected chi connectivity index (χ3v) is 6.47. The average molecular weight is 403 g/mol. The van der Waals surface area contributed by atoms with Gasteiger partial charge >= 0.3 is 0 Å². The maximum atomic E-state index is 6.08. The average Bonchev–Trinajstić information content (AvgIpc) is 2.79. The molecule has 1 aromatic heterocycles. The summed E-state index contributed by atoms with van der Waals surface area (Å²) in [6.07, 6.45) is 9.12. The van der Waals surface area contributed by atoms with Crippen LogP contribution in [0.3, 0.4) is 0 Å². The van der Waals surface area contributed by atoms with E-state index in [4.69, 9.17) is 5.73 Å². The van der Waals surface area contributed by atoms with E-state index < -0.39 is 0 Å². The Hall–Kier alpha value is -2.35. The topological polar surface area (TPSA) is 45.4 Å². The fraction of sp³-hybridized carbons (Fsp3) is 0.500. The summed E-state index contributed by atoms with van der Waals surface area (Å²) in [7, 11) is 0. The molecule has 158 valence electrons. The van der Waals surface area contributed by atoms with Crippen LogP contribution in [0.15, 0.2) is 42.6 Å². The van der Waals surface area contributed by atoms with E-state index in [1.54, 1.807) is 6.20 Å². The first-order valence-corrected chi connectivity index (χ1v) is 11.5. The van der Waals surface area contributed by atoms with Crippen LogP contribution < -0.4 is 5.73 Å². The normalized spacial score (nSPS) is 18.7. The van der Waals surface area contributed by atoms with Crippen molar-refractivity contribution in [3.05, 3.63) is 59.3 Å².